The maximum absolute atomic E-state index is 14.6. The number of carbonyl (C=O) groups excluding carboxylic acids is 1. The first-order valence-corrected chi connectivity index (χ1v) is 18.9. The Morgan fingerprint density at radius 2 is 1.50 bits per heavy atom. The monoisotopic (exact) mass is 743 g/mol. The van der Waals surface area contributed by atoms with Crippen LogP contribution in [0.25, 0.3) is 10.9 Å². The van der Waals surface area contributed by atoms with Crippen molar-refractivity contribution in [2.45, 2.75) is 75.4 Å². The minimum Gasteiger partial charge on any atom is -0.494 e. The molecule has 4 aromatic heterocycles. The van der Waals surface area contributed by atoms with E-state index in [-0.39, 0.29) is 90.4 Å². The molecule has 0 saturated carbocycles. The van der Waals surface area contributed by atoms with Gasteiger partial charge < -0.3 is 35.6 Å². The number of nitrogens with zero attached hydrogens (tertiary/aromatic N) is 5. The quantitative estimate of drug-likeness (QED) is 0.127. The zero-order chi connectivity index (χ0) is 35.5. The number of benzene rings is 1. The first kappa shape index (κ1) is 34.2. The molecule has 0 bridgehead atoms. The third-order valence-electron chi connectivity index (χ3n) is 9.94. The molecule has 2 aliphatic rings. The van der Waals surface area contributed by atoms with Crippen molar-refractivity contribution in [1.29, 1.82) is 0 Å². The van der Waals surface area contributed by atoms with E-state index >= 15 is 0 Å². The number of rotatable bonds is 9. The number of halogens is 1. The van der Waals surface area contributed by atoms with Crippen LogP contribution in [0.3, 0.4) is 0 Å². The van der Waals surface area contributed by atoms with E-state index in [9.17, 15) is 33.6 Å². The molecule has 0 spiro atoms. The molecule has 1 amide bonds. The molecule has 50 heavy (non-hydrogen) atoms. The number of hydrogen-bond acceptors (Lipinski definition) is 10. The van der Waals surface area contributed by atoms with Crippen molar-refractivity contribution < 1.29 is 33.6 Å². The van der Waals surface area contributed by atoms with E-state index in [4.69, 9.17) is 16.6 Å². The van der Waals surface area contributed by atoms with Gasteiger partial charge in [-0.2, -0.15) is 4.31 Å². The minimum absolute atomic E-state index is 0.0309. The predicted octanol–water partition coefficient (Wildman–Crippen LogP) is 4.36. The molecular weight excluding hydrogens is 706 g/mol. The highest BCUT2D eigenvalue weighted by molar-refractivity contribution is 7.89. The van der Waals surface area contributed by atoms with Gasteiger partial charge in [0, 0.05) is 102 Å². The van der Waals surface area contributed by atoms with Crippen LogP contribution in [0.2, 0.25) is 5.02 Å². The lowest BCUT2D eigenvalue weighted by molar-refractivity contribution is 0.0305. The summed E-state index contributed by atoms with van der Waals surface area (Å²) in [6.07, 6.45) is 0.346. The lowest BCUT2D eigenvalue weighted by Gasteiger charge is -2.46. The van der Waals surface area contributed by atoms with E-state index in [0.29, 0.717) is 22.5 Å². The maximum Gasteiger partial charge on any atom is 0.283 e. The molecule has 0 aliphatic carbocycles. The smallest absolute Gasteiger partial charge is 0.283 e. The predicted molar refractivity (Wildman–Crippen MR) is 187 cm³/mol. The van der Waals surface area contributed by atoms with Crippen LogP contribution in [0, 0.1) is 0 Å². The minimum atomic E-state index is -4.14. The summed E-state index contributed by atoms with van der Waals surface area (Å²) in [5.41, 5.74) is 1.46. The van der Waals surface area contributed by atoms with Crippen molar-refractivity contribution in [3.8, 4) is 23.5 Å². The molecule has 1 aromatic carbocycles. The first-order valence-electron chi connectivity index (χ1n) is 16.3. The lowest BCUT2D eigenvalue weighted by Crippen LogP contribution is -2.62. The van der Waals surface area contributed by atoms with Gasteiger partial charge in [0.15, 0.2) is 28.5 Å². The van der Waals surface area contributed by atoms with Crippen molar-refractivity contribution in [1.82, 2.24) is 33.6 Å². The van der Waals surface area contributed by atoms with Crippen LogP contribution in [0.1, 0.15) is 53.0 Å². The largest absolute Gasteiger partial charge is 0.494 e. The van der Waals surface area contributed by atoms with Crippen LogP contribution < -0.4 is 5.32 Å². The molecule has 14 nitrogen and oxygen atoms in total. The Labute approximate surface area is 297 Å². The summed E-state index contributed by atoms with van der Waals surface area (Å²) in [6.45, 7) is 4.71. The van der Waals surface area contributed by atoms with Crippen LogP contribution in [0.4, 0.5) is 0 Å². The van der Waals surface area contributed by atoms with Gasteiger partial charge in [-0.3, -0.25) is 13.9 Å². The molecule has 0 radical (unpaired) electrons. The molecule has 6 heterocycles. The normalized spacial score (nSPS) is 21.5. The molecule has 1 fully saturated rings. The summed E-state index contributed by atoms with van der Waals surface area (Å²) in [7, 11) is -4.14. The third-order valence-corrected chi connectivity index (χ3v) is 13.0. The summed E-state index contributed by atoms with van der Waals surface area (Å²) in [6, 6.07) is 10.7. The summed E-state index contributed by atoms with van der Waals surface area (Å²) in [4.78, 5) is 25.1. The number of H-pyrrole nitrogens is 1. The highest BCUT2D eigenvalue weighted by atomic mass is 35.5. The molecule has 5 aromatic rings. The van der Waals surface area contributed by atoms with E-state index in [1.165, 1.54) is 55.1 Å². The number of hydrogen-bond donors (Lipinski definition) is 6. The summed E-state index contributed by atoms with van der Waals surface area (Å²) < 4.78 is 32.6. The number of aromatic nitrogens is 4. The Balaban J connectivity index is 1.28. The summed E-state index contributed by atoms with van der Waals surface area (Å²) in [5.74, 6) is -0.966. The van der Waals surface area contributed by atoms with E-state index < -0.39 is 22.1 Å². The van der Waals surface area contributed by atoms with Gasteiger partial charge in [-0.1, -0.05) is 18.5 Å². The number of thiazole rings is 1. The van der Waals surface area contributed by atoms with Gasteiger partial charge in [0.25, 0.3) is 15.9 Å². The molecule has 1 saturated heterocycles. The third kappa shape index (κ3) is 6.19. The van der Waals surface area contributed by atoms with Crippen LogP contribution >= 0.6 is 22.9 Å². The van der Waals surface area contributed by atoms with Gasteiger partial charge in [0.2, 0.25) is 0 Å². The number of piperazine rings is 1. The van der Waals surface area contributed by atoms with Gasteiger partial charge in [0.1, 0.15) is 5.03 Å². The van der Waals surface area contributed by atoms with Crippen molar-refractivity contribution in [2.75, 3.05) is 13.1 Å². The van der Waals surface area contributed by atoms with Gasteiger partial charge in [-0.15, -0.1) is 11.3 Å². The standard InChI is InChI=1S/C33H38ClN7O7S2/c1-18-19(2)35-15-25-31(18)37-32(49-25)33(46)41-22(9-11-39-27(42)5-6-28(39)43)16-38(17-23(41)10-12-40-29(44)7-8-30(40)45)50(47,48)26-14-20-13-21(34)3-4-24(20)36-26/h3-8,13-14,18-19,22-23,35-36,42-45H,9-12,15-17H2,1-2H3. The Morgan fingerprint density at radius 3 is 2.08 bits per heavy atom. The van der Waals surface area contributed by atoms with Crippen LogP contribution in [-0.2, 0) is 29.7 Å². The average Bonchev–Trinajstić information content (AvgIpc) is 3.86. The van der Waals surface area contributed by atoms with Crippen LogP contribution in [-0.4, -0.2) is 94.3 Å². The van der Waals surface area contributed by atoms with Crippen molar-refractivity contribution >= 4 is 49.8 Å². The first-order chi connectivity index (χ1) is 23.8. The molecule has 4 atom stereocenters. The molecule has 7 rings (SSSR count). The number of sulfonamides is 1. The number of nitrogens with one attached hydrogen (secondary N) is 2. The van der Waals surface area contributed by atoms with E-state index in [0.717, 1.165) is 10.6 Å². The second-order valence-corrected chi connectivity index (χ2v) is 16.4. The van der Waals surface area contributed by atoms with Crippen LogP contribution in [0.5, 0.6) is 23.5 Å². The Bertz CT molecular complexity index is 2080. The Kier molecular flexibility index (Phi) is 9.01. The van der Waals surface area contributed by atoms with Gasteiger partial charge in [0.05, 0.1) is 5.69 Å². The topological polar surface area (TPSA) is 189 Å². The number of amides is 1. The molecule has 6 N–H and O–H groups in total. The van der Waals surface area contributed by atoms with Gasteiger partial charge in [-0.25, -0.2) is 13.4 Å². The fourth-order valence-corrected chi connectivity index (χ4v) is 9.76. The second kappa shape index (κ2) is 13.2. The lowest BCUT2D eigenvalue weighted by atomic mass is 9.95. The summed E-state index contributed by atoms with van der Waals surface area (Å²) in [5, 5.41) is 46.4. The van der Waals surface area contributed by atoms with Gasteiger partial charge >= 0.3 is 0 Å². The number of aromatic amines is 1. The van der Waals surface area contributed by atoms with Crippen molar-refractivity contribution in [3.63, 3.8) is 0 Å². The molecule has 266 valence electrons. The average molecular weight is 744 g/mol. The fourth-order valence-electron chi connectivity index (χ4n) is 6.98. The fraction of sp³-hybridized carbons (Fsp3) is 0.394. The highest BCUT2D eigenvalue weighted by Gasteiger charge is 2.44. The Hall–Kier alpha value is -4.22. The zero-order valence-electron chi connectivity index (χ0n) is 27.3. The van der Waals surface area contributed by atoms with Crippen molar-refractivity contribution in [2.24, 2.45) is 0 Å². The highest BCUT2D eigenvalue weighted by Crippen LogP contribution is 2.36. The Morgan fingerprint density at radius 1 is 0.920 bits per heavy atom. The molecule has 2 aliphatic heterocycles. The maximum atomic E-state index is 14.6. The second-order valence-electron chi connectivity index (χ2n) is 13.0. The summed E-state index contributed by atoms with van der Waals surface area (Å²) >= 11 is 7.49. The van der Waals surface area contributed by atoms with Crippen LogP contribution in [0.15, 0.2) is 53.6 Å². The number of fused-ring (bicyclic) bond motifs is 2. The molecular formula is C33H38ClN7O7S2. The van der Waals surface area contributed by atoms with E-state index in [1.807, 2.05) is 0 Å². The van der Waals surface area contributed by atoms with Crippen molar-refractivity contribution in [3.05, 3.63) is 69.1 Å². The zero-order valence-corrected chi connectivity index (χ0v) is 29.7. The number of carbonyl (C=O) groups is 1. The molecule has 4 unspecified atom stereocenters. The van der Waals surface area contributed by atoms with E-state index in [2.05, 4.69) is 24.1 Å². The number of aromatic hydroxyl groups is 4. The van der Waals surface area contributed by atoms with Gasteiger partial charge in [-0.05, 0) is 44.0 Å². The van der Waals surface area contributed by atoms with E-state index in [1.54, 1.807) is 23.1 Å². The SMILES string of the molecule is CC1NCc2sc(C(=O)N3C(CCn4c(O)ccc4O)CN(S(=O)(=O)c4cc5cc(Cl)ccc5[nH]4)CC3CCn3c(O)ccc3O)nc2C1C. The molecule has 17 heteroatoms.